The number of nitrogen functional groups attached to an aromatic ring is 1. The highest BCUT2D eigenvalue weighted by Crippen LogP contribution is 2.13. The van der Waals surface area contributed by atoms with Crippen LogP contribution in [0.2, 0.25) is 0 Å². The molecule has 0 atom stereocenters. The smallest absolute Gasteiger partial charge is 0.119 e. The monoisotopic (exact) mass is 215 g/mol. The number of unbranched alkanes of at least 4 members (excludes halogenated alkanes) is 2. The number of rotatable bonds is 5. The van der Waals surface area contributed by atoms with Gasteiger partial charge in [0.05, 0.1) is 6.61 Å². The number of anilines is 1. The Labute approximate surface area is 91.9 Å². The van der Waals surface area contributed by atoms with Crippen LogP contribution in [-0.2, 0) is 0 Å². The molecule has 2 N–H and O–H groups in total. The SMILES string of the molecule is CCCCCOc1ccc(N)cc1.Cl. The van der Waals surface area contributed by atoms with Gasteiger partial charge in [-0.2, -0.15) is 0 Å². The third-order valence-electron chi connectivity index (χ3n) is 1.90. The van der Waals surface area contributed by atoms with Crippen molar-refractivity contribution in [2.45, 2.75) is 26.2 Å². The first-order valence-corrected chi connectivity index (χ1v) is 4.81. The fraction of sp³-hybridized carbons (Fsp3) is 0.455. The summed E-state index contributed by atoms with van der Waals surface area (Å²) in [4.78, 5) is 0. The van der Waals surface area contributed by atoms with Crippen molar-refractivity contribution in [2.75, 3.05) is 12.3 Å². The summed E-state index contributed by atoms with van der Waals surface area (Å²) in [6.07, 6.45) is 3.58. The number of nitrogens with two attached hydrogens (primary N) is 1. The first-order chi connectivity index (χ1) is 6.33. The normalized spacial score (nSPS) is 9.21. The second-order valence-corrected chi connectivity index (χ2v) is 3.12. The minimum Gasteiger partial charge on any atom is -0.494 e. The van der Waals surface area contributed by atoms with Gasteiger partial charge < -0.3 is 10.5 Å². The van der Waals surface area contributed by atoms with Gasteiger partial charge in [0, 0.05) is 5.69 Å². The highest BCUT2D eigenvalue weighted by atomic mass is 35.5. The molecule has 0 radical (unpaired) electrons. The molecular formula is C11H18ClNO. The molecule has 1 rings (SSSR count). The Bertz CT molecular complexity index is 236. The van der Waals surface area contributed by atoms with E-state index in [1.807, 2.05) is 24.3 Å². The zero-order valence-electron chi connectivity index (χ0n) is 8.53. The van der Waals surface area contributed by atoms with Crippen LogP contribution in [0.1, 0.15) is 26.2 Å². The van der Waals surface area contributed by atoms with Crippen molar-refractivity contribution in [1.82, 2.24) is 0 Å². The summed E-state index contributed by atoms with van der Waals surface area (Å²) < 4.78 is 5.51. The first kappa shape index (κ1) is 13.1. The predicted molar refractivity (Wildman–Crippen MR) is 63.1 cm³/mol. The van der Waals surface area contributed by atoms with Crippen LogP contribution in [0.4, 0.5) is 5.69 Å². The lowest BCUT2D eigenvalue weighted by Crippen LogP contribution is -1.96. The zero-order valence-corrected chi connectivity index (χ0v) is 9.35. The number of ether oxygens (including phenoxy) is 1. The minimum atomic E-state index is 0. The van der Waals surface area contributed by atoms with Gasteiger partial charge in [-0.3, -0.25) is 0 Å². The van der Waals surface area contributed by atoms with E-state index >= 15 is 0 Å². The predicted octanol–water partition coefficient (Wildman–Crippen LogP) is 3.26. The minimum absolute atomic E-state index is 0. The third kappa shape index (κ3) is 4.97. The molecule has 1 aromatic carbocycles. The average Bonchev–Trinajstić information content (AvgIpc) is 2.15. The highest BCUT2D eigenvalue weighted by Gasteiger charge is 1.92. The molecule has 0 spiro atoms. The van der Waals surface area contributed by atoms with Crippen molar-refractivity contribution in [1.29, 1.82) is 0 Å². The number of hydrogen-bond donors (Lipinski definition) is 1. The Balaban J connectivity index is 0.00000169. The molecule has 0 unspecified atom stereocenters. The van der Waals surface area contributed by atoms with Crippen molar-refractivity contribution in [2.24, 2.45) is 0 Å². The molecule has 0 heterocycles. The first-order valence-electron chi connectivity index (χ1n) is 4.81. The Morgan fingerprint density at radius 2 is 1.79 bits per heavy atom. The molecule has 0 saturated heterocycles. The molecule has 0 saturated carbocycles. The number of hydrogen-bond acceptors (Lipinski definition) is 2. The van der Waals surface area contributed by atoms with Crippen LogP contribution in [0.3, 0.4) is 0 Å². The maximum Gasteiger partial charge on any atom is 0.119 e. The van der Waals surface area contributed by atoms with Gasteiger partial charge >= 0.3 is 0 Å². The molecule has 0 aliphatic heterocycles. The van der Waals surface area contributed by atoms with Gasteiger partial charge in [-0.25, -0.2) is 0 Å². The van der Waals surface area contributed by atoms with Crippen molar-refractivity contribution in [3.05, 3.63) is 24.3 Å². The molecule has 0 aliphatic rings. The molecule has 0 aromatic heterocycles. The summed E-state index contributed by atoms with van der Waals surface area (Å²) in [6, 6.07) is 7.52. The molecule has 0 fully saturated rings. The van der Waals surface area contributed by atoms with Gasteiger partial charge in [0.2, 0.25) is 0 Å². The number of halogens is 1. The van der Waals surface area contributed by atoms with E-state index in [0.29, 0.717) is 0 Å². The van der Waals surface area contributed by atoms with Gasteiger partial charge in [-0.05, 0) is 30.7 Å². The van der Waals surface area contributed by atoms with Gasteiger partial charge in [0.25, 0.3) is 0 Å². The molecule has 80 valence electrons. The molecule has 0 aliphatic carbocycles. The summed E-state index contributed by atoms with van der Waals surface area (Å²) in [5.41, 5.74) is 6.33. The van der Waals surface area contributed by atoms with Crippen molar-refractivity contribution in [3.8, 4) is 5.75 Å². The zero-order chi connectivity index (χ0) is 9.52. The van der Waals surface area contributed by atoms with Gasteiger partial charge in [0.1, 0.15) is 5.75 Å². The number of benzene rings is 1. The summed E-state index contributed by atoms with van der Waals surface area (Å²) >= 11 is 0. The van der Waals surface area contributed by atoms with E-state index in [4.69, 9.17) is 10.5 Å². The standard InChI is InChI=1S/C11H17NO.ClH/c1-2-3-4-9-13-11-7-5-10(12)6-8-11;/h5-8H,2-4,9,12H2,1H3;1H. The lowest BCUT2D eigenvalue weighted by molar-refractivity contribution is 0.306. The molecule has 0 amide bonds. The Morgan fingerprint density at radius 1 is 1.14 bits per heavy atom. The molecular weight excluding hydrogens is 198 g/mol. The molecule has 1 aromatic rings. The maximum atomic E-state index is 5.55. The largest absolute Gasteiger partial charge is 0.494 e. The van der Waals surface area contributed by atoms with E-state index in [2.05, 4.69) is 6.92 Å². The topological polar surface area (TPSA) is 35.2 Å². The van der Waals surface area contributed by atoms with Crippen LogP contribution in [0.15, 0.2) is 24.3 Å². The molecule has 0 bridgehead atoms. The van der Waals surface area contributed by atoms with Crippen molar-refractivity contribution < 1.29 is 4.74 Å². The van der Waals surface area contributed by atoms with Crippen molar-refractivity contribution in [3.63, 3.8) is 0 Å². The summed E-state index contributed by atoms with van der Waals surface area (Å²) in [5.74, 6) is 0.908. The third-order valence-corrected chi connectivity index (χ3v) is 1.90. The van der Waals surface area contributed by atoms with Crippen LogP contribution < -0.4 is 10.5 Å². The van der Waals surface area contributed by atoms with Gasteiger partial charge in [0.15, 0.2) is 0 Å². The highest BCUT2D eigenvalue weighted by molar-refractivity contribution is 5.85. The lowest BCUT2D eigenvalue weighted by Gasteiger charge is -2.05. The van der Waals surface area contributed by atoms with Crippen LogP contribution in [-0.4, -0.2) is 6.61 Å². The quantitative estimate of drug-likeness (QED) is 0.605. The summed E-state index contributed by atoms with van der Waals surface area (Å²) in [5, 5.41) is 0. The molecule has 2 nitrogen and oxygen atoms in total. The van der Waals surface area contributed by atoms with Crippen molar-refractivity contribution >= 4 is 18.1 Å². The average molecular weight is 216 g/mol. The molecule has 3 heteroatoms. The van der Waals surface area contributed by atoms with Gasteiger partial charge in [-0.15, -0.1) is 12.4 Å². The summed E-state index contributed by atoms with van der Waals surface area (Å²) in [7, 11) is 0. The van der Waals surface area contributed by atoms with E-state index in [0.717, 1.165) is 24.5 Å². The fourth-order valence-corrected chi connectivity index (χ4v) is 1.11. The van der Waals surface area contributed by atoms with Crippen LogP contribution in [0.25, 0.3) is 0 Å². The van der Waals surface area contributed by atoms with Crippen LogP contribution in [0, 0.1) is 0 Å². The second kappa shape index (κ2) is 7.51. The Morgan fingerprint density at radius 3 is 2.36 bits per heavy atom. The van der Waals surface area contributed by atoms with E-state index in [1.54, 1.807) is 0 Å². The van der Waals surface area contributed by atoms with E-state index in [-0.39, 0.29) is 12.4 Å². The van der Waals surface area contributed by atoms with E-state index < -0.39 is 0 Å². The van der Waals surface area contributed by atoms with Crippen LogP contribution >= 0.6 is 12.4 Å². The fourth-order valence-electron chi connectivity index (χ4n) is 1.11. The Hall–Kier alpha value is -0.890. The summed E-state index contributed by atoms with van der Waals surface area (Å²) in [6.45, 7) is 2.99. The van der Waals surface area contributed by atoms with Crippen LogP contribution in [0.5, 0.6) is 5.75 Å². The molecule has 14 heavy (non-hydrogen) atoms. The van der Waals surface area contributed by atoms with E-state index in [9.17, 15) is 0 Å². The second-order valence-electron chi connectivity index (χ2n) is 3.12. The van der Waals surface area contributed by atoms with Gasteiger partial charge in [-0.1, -0.05) is 19.8 Å². The lowest BCUT2D eigenvalue weighted by atomic mass is 10.2. The maximum absolute atomic E-state index is 5.55. The van der Waals surface area contributed by atoms with E-state index in [1.165, 1.54) is 12.8 Å². The Kier molecular flexibility index (Phi) is 7.03.